The SMILES string of the molecule is CCCNc1nc(CC[C@@H](CC)C(F)(F)F)nc(-n2ccc(C(F)(F)F)n2)n1. The summed E-state index contributed by atoms with van der Waals surface area (Å²) in [6, 6.07) is 0.763. The van der Waals surface area contributed by atoms with Crippen LogP contribution in [0.2, 0.25) is 0 Å². The van der Waals surface area contributed by atoms with Crippen molar-refractivity contribution in [1.29, 1.82) is 0 Å². The van der Waals surface area contributed by atoms with Crippen molar-refractivity contribution in [1.82, 2.24) is 24.7 Å². The Hall–Kier alpha value is -2.40. The number of aryl methyl sites for hydroxylation is 1. The first-order valence-corrected chi connectivity index (χ1v) is 8.73. The van der Waals surface area contributed by atoms with Crippen LogP contribution in [0.25, 0.3) is 5.95 Å². The smallest absolute Gasteiger partial charge is 0.354 e. The van der Waals surface area contributed by atoms with Crippen molar-refractivity contribution in [3.8, 4) is 5.95 Å². The molecule has 0 radical (unpaired) electrons. The summed E-state index contributed by atoms with van der Waals surface area (Å²) >= 11 is 0. The van der Waals surface area contributed by atoms with Gasteiger partial charge in [-0.25, -0.2) is 4.68 Å². The molecule has 0 fully saturated rings. The largest absolute Gasteiger partial charge is 0.435 e. The fourth-order valence-corrected chi connectivity index (χ4v) is 2.43. The van der Waals surface area contributed by atoms with Crippen LogP contribution >= 0.6 is 0 Å². The number of hydrogen-bond donors (Lipinski definition) is 1. The fourth-order valence-electron chi connectivity index (χ4n) is 2.43. The predicted octanol–water partition coefficient (Wildman–Crippen LogP) is 4.42. The molecule has 1 N–H and O–H groups in total. The molecule has 0 saturated heterocycles. The molecule has 156 valence electrons. The molecule has 0 aliphatic carbocycles. The Labute approximate surface area is 157 Å². The topological polar surface area (TPSA) is 68.5 Å². The lowest BCUT2D eigenvalue weighted by Gasteiger charge is -2.18. The van der Waals surface area contributed by atoms with Crippen LogP contribution in [0.15, 0.2) is 12.3 Å². The predicted molar refractivity (Wildman–Crippen MR) is 88.9 cm³/mol. The molecule has 2 rings (SSSR count). The quantitative estimate of drug-likeness (QED) is 0.653. The molecule has 1 atom stereocenters. The van der Waals surface area contributed by atoms with E-state index < -0.39 is 24.0 Å². The van der Waals surface area contributed by atoms with Crippen molar-refractivity contribution in [2.75, 3.05) is 11.9 Å². The zero-order chi connectivity index (χ0) is 20.9. The third-order valence-corrected chi connectivity index (χ3v) is 3.96. The second kappa shape index (κ2) is 8.74. The molecular weight excluding hydrogens is 390 g/mol. The van der Waals surface area contributed by atoms with Gasteiger partial charge in [-0.3, -0.25) is 0 Å². The first-order valence-electron chi connectivity index (χ1n) is 8.73. The van der Waals surface area contributed by atoms with E-state index in [1.165, 1.54) is 6.92 Å². The van der Waals surface area contributed by atoms with Gasteiger partial charge >= 0.3 is 12.4 Å². The summed E-state index contributed by atoms with van der Waals surface area (Å²) in [4.78, 5) is 12.1. The molecule has 0 aromatic carbocycles. The van der Waals surface area contributed by atoms with Gasteiger partial charge in [0.15, 0.2) is 5.69 Å². The van der Waals surface area contributed by atoms with Gasteiger partial charge in [-0.2, -0.15) is 46.4 Å². The van der Waals surface area contributed by atoms with Gasteiger partial charge in [-0.05, 0) is 25.3 Å². The zero-order valence-electron chi connectivity index (χ0n) is 15.3. The minimum absolute atomic E-state index is 0.0513. The van der Waals surface area contributed by atoms with Crippen LogP contribution in [-0.2, 0) is 12.6 Å². The number of nitrogens with zero attached hydrogens (tertiary/aromatic N) is 5. The fraction of sp³-hybridized carbons (Fsp3) is 0.625. The summed E-state index contributed by atoms with van der Waals surface area (Å²) in [5.41, 5.74) is -1.12. The van der Waals surface area contributed by atoms with Crippen molar-refractivity contribution in [2.45, 2.75) is 51.9 Å². The Balaban J connectivity index is 2.30. The average molecular weight is 410 g/mol. The van der Waals surface area contributed by atoms with E-state index in [4.69, 9.17) is 0 Å². The number of halogens is 6. The molecule has 28 heavy (non-hydrogen) atoms. The van der Waals surface area contributed by atoms with Gasteiger partial charge in [0, 0.05) is 19.2 Å². The Kier molecular flexibility index (Phi) is 6.83. The van der Waals surface area contributed by atoms with Gasteiger partial charge < -0.3 is 5.32 Å². The molecule has 0 aliphatic heterocycles. The second-order valence-electron chi connectivity index (χ2n) is 6.13. The number of aromatic nitrogens is 5. The molecule has 0 saturated carbocycles. The lowest BCUT2D eigenvalue weighted by Crippen LogP contribution is -2.23. The number of hydrogen-bond acceptors (Lipinski definition) is 5. The maximum atomic E-state index is 12.9. The number of anilines is 1. The van der Waals surface area contributed by atoms with E-state index in [9.17, 15) is 26.3 Å². The van der Waals surface area contributed by atoms with Crippen LogP contribution in [0.4, 0.5) is 32.3 Å². The van der Waals surface area contributed by atoms with Crippen LogP contribution in [0, 0.1) is 5.92 Å². The van der Waals surface area contributed by atoms with Gasteiger partial charge in [-0.15, -0.1) is 0 Å². The zero-order valence-corrected chi connectivity index (χ0v) is 15.3. The van der Waals surface area contributed by atoms with Crippen molar-refractivity contribution in [3.05, 3.63) is 23.8 Å². The van der Waals surface area contributed by atoms with Gasteiger partial charge in [0.05, 0.1) is 5.92 Å². The standard InChI is InChI=1S/C16H20F6N6/c1-3-8-23-13-24-12(6-5-10(4-2)15(17,18)19)25-14(26-13)28-9-7-11(27-28)16(20,21)22/h7,9-10H,3-6,8H2,1-2H3,(H,23,24,25,26)/t10-/m1/s1. The Morgan fingerprint density at radius 3 is 2.32 bits per heavy atom. The van der Waals surface area contributed by atoms with Crippen molar-refractivity contribution in [3.63, 3.8) is 0 Å². The molecule has 2 heterocycles. The van der Waals surface area contributed by atoms with Gasteiger partial charge in [0.2, 0.25) is 5.95 Å². The van der Waals surface area contributed by atoms with Crippen molar-refractivity contribution < 1.29 is 26.3 Å². The highest BCUT2D eigenvalue weighted by Crippen LogP contribution is 2.32. The average Bonchev–Trinajstić information content (AvgIpc) is 3.09. The lowest BCUT2D eigenvalue weighted by atomic mass is 10.00. The molecule has 0 bridgehead atoms. The van der Waals surface area contributed by atoms with Crippen LogP contribution in [0.5, 0.6) is 0 Å². The Morgan fingerprint density at radius 1 is 1.07 bits per heavy atom. The number of nitrogens with one attached hydrogen (secondary N) is 1. The normalized spacial score (nSPS) is 13.6. The highest BCUT2D eigenvalue weighted by molar-refractivity contribution is 5.29. The molecule has 0 aliphatic rings. The van der Waals surface area contributed by atoms with Crippen molar-refractivity contribution in [2.24, 2.45) is 5.92 Å². The summed E-state index contributed by atoms with van der Waals surface area (Å²) < 4.78 is 77.9. The number of alkyl halides is 6. The van der Waals surface area contributed by atoms with Crippen LogP contribution in [0.3, 0.4) is 0 Å². The highest BCUT2D eigenvalue weighted by Gasteiger charge is 2.38. The third kappa shape index (κ3) is 5.80. The summed E-state index contributed by atoms with van der Waals surface area (Å²) in [7, 11) is 0. The molecule has 12 heteroatoms. The lowest BCUT2D eigenvalue weighted by molar-refractivity contribution is -0.176. The van der Waals surface area contributed by atoms with E-state index in [0.29, 0.717) is 6.54 Å². The van der Waals surface area contributed by atoms with E-state index in [-0.39, 0.29) is 37.0 Å². The van der Waals surface area contributed by atoms with Gasteiger partial charge in [0.1, 0.15) is 5.82 Å². The minimum Gasteiger partial charge on any atom is -0.354 e. The monoisotopic (exact) mass is 410 g/mol. The Bertz CT molecular complexity index is 770. The molecule has 2 aromatic rings. The number of rotatable bonds is 8. The van der Waals surface area contributed by atoms with E-state index in [1.54, 1.807) is 0 Å². The molecule has 0 spiro atoms. The summed E-state index contributed by atoms with van der Waals surface area (Å²) in [5, 5.41) is 6.26. The van der Waals surface area contributed by atoms with Gasteiger partial charge in [0.25, 0.3) is 5.95 Å². The molecule has 2 aromatic heterocycles. The second-order valence-corrected chi connectivity index (χ2v) is 6.13. The van der Waals surface area contributed by atoms with Crippen LogP contribution < -0.4 is 5.32 Å². The van der Waals surface area contributed by atoms with E-state index in [1.807, 2.05) is 6.92 Å². The maximum Gasteiger partial charge on any atom is 0.435 e. The van der Waals surface area contributed by atoms with Gasteiger partial charge in [-0.1, -0.05) is 13.8 Å². The molecule has 0 amide bonds. The van der Waals surface area contributed by atoms with Crippen molar-refractivity contribution >= 4 is 5.95 Å². The Morgan fingerprint density at radius 2 is 1.79 bits per heavy atom. The molecular formula is C16H20F6N6. The summed E-state index contributed by atoms with van der Waals surface area (Å²) in [6.45, 7) is 3.80. The first kappa shape index (κ1) is 21.9. The van der Waals surface area contributed by atoms with E-state index >= 15 is 0 Å². The van der Waals surface area contributed by atoms with E-state index in [0.717, 1.165) is 23.4 Å². The molecule has 0 unspecified atom stereocenters. The van der Waals surface area contributed by atoms with E-state index in [2.05, 4.69) is 25.4 Å². The highest BCUT2D eigenvalue weighted by atomic mass is 19.4. The first-order chi connectivity index (χ1) is 13.0. The third-order valence-electron chi connectivity index (χ3n) is 3.96. The van der Waals surface area contributed by atoms with Crippen LogP contribution in [-0.4, -0.2) is 37.5 Å². The van der Waals surface area contributed by atoms with Crippen LogP contribution in [0.1, 0.15) is 44.6 Å². The summed E-state index contributed by atoms with van der Waals surface area (Å²) in [6.07, 6.45) is -7.62. The minimum atomic E-state index is -4.63. The summed E-state index contributed by atoms with van der Waals surface area (Å²) in [5.74, 6) is -1.58. The maximum absolute atomic E-state index is 12.9. The molecule has 6 nitrogen and oxygen atoms in total.